The van der Waals surface area contributed by atoms with Crippen molar-refractivity contribution >= 4 is 11.4 Å². The van der Waals surface area contributed by atoms with Crippen LogP contribution in [0.2, 0.25) is 0 Å². The van der Waals surface area contributed by atoms with Gasteiger partial charge >= 0.3 is 0 Å². The summed E-state index contributed by atoms with van der Waals surface area (Å²) in [6.07, 6.45) is 3.98. The molecule has 32 heavy (non-hydrogen) atoms. The SMILES string of the molecule is CCC1C(C)C1C1N(c2ccccc2C)c2c(F)cc(F)cc2C(C)(CC)C1(CC)CC. The lowest BCUT2D eigenvalue weighted by atomic mass is 9.50. The molecule has 1 nitrogen and oxygen atoms in total. The van der Waals surface area contributed by atoms with Crippen molar-refractivity contribution in [1.29, 1.82) is 0 Å². The highest BCUT2D eigenvalue weighted by Gasteiger charge is 2.65. The molecule has 1 saturated carbocycles. The molecule has 2 aromatic rings. The van der Waals surface area contributed by atoms with E-state index in [-0.39, 0.29) is 16.9 Å². The second-order valence-corrected chi connectivity index (χ2v) is 10.4. The summed E-state index contributed by atoms with van der Waals surface area (Å²) in [4.78, 5) is 2.31. The van der Waals surface area contributed by atoms with E-state index >= 15 is 4.39 Å². The van der Waals surface area contributed by atoms with E-state index in [2.05, 4.69) is 65.5 Å². The summed E-state index contributed by atoms with van der Waals surface area (Å²) in [7, 11) is 0. The number of aryl methyl sites for hydroxylation is 1. The summed E-state index contributed by atoms with van der Waals surface area (Å²) < 4.78 is 30.5. The zero-order valence-electron chi connectivity index (χ0n) is 20.8. The van der Waals surface area contributed by atoms with Gasteiger partial charge < -0.3 is 4.90 Å². The van der Waals surface area contributed by atoms with Crippen LogP contribution in [0.25, 0.3) is 0 Å². The van der Waals surface area contributed by atoms with Gasteiger partial charge in [0.15, 0.2) is 0 Å². The number of para-hydroxylation sites is 1. The smallest absolute Gasteiger partial charge is 0.150 e. The van der Waals surface area contributed by atoms with E-state index in [1.54, 1.807) is 6.07 Å². The quantitative estimate of drug-likeness (QED) is 0.436. The van der Waals surface area contributed by atoms with Crippen molar-refractivity contribution < 1.29 is 8.78 Å². The van der Waals surface area contributed by atoms with E-state index < -0.39 is 11.6 Å². The van der Waals surface area contributed by atoms with Gasteiger partial charge in [-0.15, -0.1) is 0 Å². The van der Waals surface area contributed by atoms with Crippen molar-refractivity contribution in [2.45, 2.75) is 85.6 Å². The number of fused-ring (bicyclic) bond motifs is 1. The van der Waals surface area contributed by atoms with Gasteiger partial charge in [0, 0.05) is 28.6 Å². The predicted molar refractivity (Wildman–Crippen MR) is 131 cm³/mol. The fourth-order valence-electron chi connectivity index (χ4n) is 7.59. The Balaban J connectivity index is 2.12. The van der Waals surface area contributed by atoms with Gasteiger partial charge in [0.25, 0.3) is 0 Å². The van der Waals surface area contributed by atoms with Crippen molar-refractivity contribution in [3.63, 3.8) is 0 Å². The predicted octanol–water partition coefficient (Wildman–Crippen LogP) is 8.56. The van der Waals surface area contributed by atoms with E-state index in [1.807, 2.05) is 12.1 Å². The van der Waals surface area contributed by atoms with Crippen molar-refractivity contribution in [3.05, 3.63) is 59.2 Å². The van der Waals surface area contributed by atoms with Gasteiger partial charge in [-0.1, -0.05) is 66.2 Å². The average molecular weight is 440 g/mol. The zero-order valence-corrected chi connectivity index (χ0v) is 20.8. The maximum Gasteiger partial charge on any atom is 0.150 e. The van der Waals surface area contributed by atoms with Crippen LogP contribution in [0.5, 0.6) is 0 Å². The maximum atomic E-state index is 15.8. The minimum absolute atomic E-state index is 0.0832. The van der Waals surface area contributed by atoms with Crippen LogP contribution in [0.1, 0.15) is 78.4 Å². The molecule has 1 heterocycles. The van der Waals surface area contributed by atoms with Gasteiger partial charge in [0.1, 0.15) is 11.6 Å². The lowest BCUT2D eigenvalue weighted by Crippen LogP contribution is -2.61. The molecule has 0 radical (unpaired) electrons. The van der Waals surface area contributed by atoms with Gasteiger partial charge in [0.05, 0.1) is 5.69 Å². The molecule has 1 fully saturated rings. The Hall–Kier alpha value is -1.90. The monoisotopic (exact) mass is 439 g/mol. The van der Waals surface area contributed by atoms with Crippen LogP contribution in [0.4, 0.5) is 20.2 Å². The average Bonchev–Trinajstić information content (AvgIpc) is 3.43. The number of nitrogens with zero attached hydrogens (tertiary/aromatic N) is 1. The Labute approximate surface area is 193 Å². The Morgan fingerprint density at radius 2 is 1.62 bits per heavy atom. The van der Waals surface area contributed by atoms with Gasteiger partial charge in [-0.25, -0.2) is 8.78 Å². The minimum atomic E-state index is -0.476. The summed E-state index contributed by atoms with van der Waals surface area (Å²) in [5.41, 5.74) is 3.24. The molecular formula is C29H39F2N. The first-order valence-corrected chi connectivity index (χ1v) is 12.6. The number of anilines is 2. The largest absolute Gasteiger partial charge is 0.335 e. The summed E-state index contributed by atoms with van der Waals surface area (Å²) >= 11 is 0. The van der Waals surface area contributed by atoms with Crippen LogP contribution in [0.3, 0.4) is 0 Å². The van der Waals surface area contributed by atoms with E-state index in [4.69, 9.17) is 0 Å². The Morgan fingerprint density at radius 3 is 2.16 bits per heavy atom. The number of benzene rings is 2. The molecule has 2 aliphatic rings. The lowest BCUT2D eigenvalue weighted by Gasteiger charge is -2.61. The first kappa shape index (κ1) is 23.3. The fourth-order valence-corrected chi connectivity index (χ4v) is 7.59. The van der Waals surface area contributed by atoms with E-state index in [0.29, 0.717) is 23.4 Å². The molecule has 0 bridgehead atoms. The third-order valence-corrected chi connectivity index (χ3v) is 9.62. The molecule has 1 aliphatic heterocycles. The van der Waals surface area contributed by atoms with E-state index in [9.17, 15) is 4.39 Å². The second kappa shape index (κ2) is 8.15. The number of rotatable bonds is 6. The number of halogens is 2. The van der Waals surface area contributed by atoms with Crippen LogP contribution in [-0.2, 0) is 5.41 Å². The van der Waals surface area contributed by atoms with Crippen LogP contribution >= 0.6 is 0 Å². The Morgan fingerprint density at radius 1 is 0.969 bits per heavy atom. The lowest BCUT2D eigenvalue weighted by molar-refractivity contribution is 0.0494. The van der Waals surface area contributed by atoms with Crippen LogP contribution in [0.15, 0.2) is 36.4 Å². The molecule has 5 atom stereocenters. The molecule has 0 saturated heterocycles. The second-order valence-electron chi connectivity index (χ2n) is 10.4. The van der Waals surface area contributed by atoms with Crippen LogP contribution in [0, 0.1) is 41.7 Å². The third-order valence-electron chi connectivity index (χ3n) is 9.62. The molecule has 174 valence electrons. The highest BCUT2D eigenvalue weighted by atomic mass is 19.1. The first-order valence-electron chi connectivity index (χ1n) is 12.6. The van der Waals surface area contributed by atoms with Gasteiger partial charge in [0.2, 0.25) is 0 Å². The fraction of sp³-hybridized carbons (Fsp3) is 0.586. The zero-order chi connectivity index (χ0) is 23.4. The normalized spacial score (nSPS) is 30.8. The molecule has 5 unspecified atom stereocenters. The van der Waals surface area contributed by atoms with Gasteiger partial charge in [-0.3, -0.25) is 0 Å². The third kappa shape index (κ3) is 2.99. The van der Waals surface area contributed by atoms with Crippen molar-refractivity contribution in [1.82, 2.24) is 0 Å². The molecule has 4 rings (SSSR count). The Kier molecular flexibility index (Phi) is 5.92. The van der Waals surface area contributed by atoms with Gasteiger partial charge in [-0.2, -0.15) is 0 Å². The van der Waals surface area contributed by atoms with Crippen molar-refractivity contribution in [3.8, 4) is 0 Å². The maximum absolute atomic E-state index is 15.8. The molecule has 0 amide bonds. The van der Waals surface area contributed by atoms with E-state index in [0.717, 1.165) is 48.6 Å². The topological polar surface area (TPSA) is 3.24 Å². The van der Waals surface area contributed by atoms with Crippen LogP contribution < -0.4 is 4.90 Å². The standard InChI is InChI=1S/C29H39F2N/c1-8-21-19(6)25(21)27-29(10-3,11-4)28(7,9-2)22-16-20(30)17-23(31)26(22)32(27)24-15-13-12-14-18(24)5/h12-17,19,21,25,27H,8-11H2,1-7H3. The summed E-state index contributed by atoms with van der Waals surface area (Å²) in [5, 5.41) is 0. The summed E-state index contributed by atoms with van der Waals surface area (Å²) in [5.74, 6) is 0.852. The van der Waals surface area contributed by atoms with Crippen molar-refractivity contribution in [2.24, 2.45) is 23.2 Å². The molecule has 0 spiro atoms. The first-order chi connectivity index (χ1) is 15.2. The molecular weight excluding hydrogens is 400 g/mol. The molecule has 0 N–H and O–H groups in total. The summed E-state index contributed by atoms with van der Waals surface area (Å²) in [6, 6.07) is 11.2. The highest BCUT2D eigenvalue weighted by molar-refractivity contribution is 5.75. The minimum Gasteiger partial charge on any atom is -0.335 e. The van der Waals surface area contributed by atoms with E-state index in [1.165, 1.54) is 0 Å². The van der Waals surface area contributed by atoms with Crippen LogP contribution in [-0.4, -0.2) is 6.04 Å². The van der Waals surface area contributed by atoms with Gasteiger partial charge in [-0.05, 0) is 67.2 Å². The molecule has 3 heteroatoms. The molecule has 2 aromatic carbocycles. The number of hydrogen-bond acceptors (Lipinski definition) is 1. The summed E-state index contributed by atoms with van der Waals surface area (Å²) in [6.45, 7) is 15.8. The Bertz CT molecular complexity index is 995. The van der Waals surface area contributed by atoms with Crippen molar-refractivity contribution in [2.75, 3.05) is 4.90 Å². The molecule has 0 aromatic heterocycles. The highest BCUT2D eigenvalue weighted by Crippen LogP contribution is 2.67. The molecule has 1 aliphatic carbocycles. The number of hydrogen-bond donors (Lipinski definition) is 0.